The van der Waals surface area contributed by atoms with Crippen LogP contribution < -0.4 is 5.32 Å². The maximum atomic E-state index is 12.4. The Bertz CT molecular complexity index is 667. The van der Waals surface area contributed by atoms with Crippen molar-refractivity contribution in [2.24, 2.45) is 5.92 Å². The molecule has 0 radical (unpaired) electrons. The van der Waals surface area contributed by atoms with E-state index >= 15 is 0 Å². The fraction of sp³-hybridized carbons (Fsp3) is 0.438. The molecule has 1 fully saturated rings. The van der Waals surface area contributed by atoms with Gasteiger partial charge in [0.25, 0.3) is 0 Å². The van der Waals surface area contributed by atoms with Crippen LogP contribution in [0.3, 0.4) is 0 Å². The number of hydrogen-bond acceptors (Lipinski definition) is 3. The number of amides is 1. The van der Waals surface area contributed by atoms with Crippen molar-refractivity contribution in [3.8, 4) is 0 Å². The molecule has 2 aromatic rings. The fourth-order valence-corrected chi connectivity index (χ4v) is 3.79. The molecular weight excluding hydrogens is 264 g/mol. The number of hydrogen-bond donors (Lipinski definition) is 2. The molecule has 5 nitrogen and oxygen atoms in total. The van der Waals surface area contributed by atoms with Crippen molar-refractivity contribution in [2.75, 3.05) is 0 Å². The Morgan fingerprint density at radius 2 is 2.33 bits per heavy atom. The second-order valence-corrected chi connectivity index (χ2v) is 6.07. The third kappa shape index (κ3) is 2.04. The van der Waals surface area contributed by atoms with Gasteiger partial charge in [0.15, 0.2) is 0 Å². The predicted molar refractivity (Wildman–Crippen MR) is 77.4 cm³/mol. The fourth-order valence-electron chi connectivity index (χ4n) is 3.79. The van der Waals surface area contributed by atoms with Gasteiger partial charge in [-0.2, -0.15) is 5.10 Å². The number of benzene rings is 1. The molecule has 0 unspecified atom stereocenters. The van der Waals surface area contributed by atoms with E-state index in [1.54, 1.807) is 0 Å². The number of H-pyrrole nitrogens is 1. The SMILES string of the molecule is O=C(NCc1ncn[nH]1)[C@@H]1C[C@]12CCCc1ccccc12. The lowest BCUT2D eigenvalue weighted by Crippen LogP contribution is -2.30. The van der Waals surface area contributed by atoms with Crippen LogP contribution in [-0.4, -0.2) is 21.1 Å². The first-order valence-corrected chi connectivity index (χ1v) is 7.50. The van der Waals surface area contributed by atoms with Crippen LogP contribution in [0.4, 0.5) is 0 Å². The van der Waals surface area contributed by atoms with Gasteiger partial charge in [-0.15, -0.1) is 0 Å². The lowest BCUT2D eigenvalue weighted by Gasteiger charge is -2.26. The minimum Gasteiger partial charge on any atom is -0.349 e. The normalized spacial score (nSPS) is 26.4. The molecule has 0 aliphatic heterocycles. The van der Waals surface area contributed by atoms with Crippen molar-refractivity contribution in [3.63, 3.8) is 0 Å². The highest BCUT2D eigenvalue weighted by Crippen LogP contribution is 2.60. The summed E-state index contributed by atoms with van der Waals surface area (Å²) in [6.07, 6.45) is 5.89. The molecule has 2 N–H and O–H groups in total. The van der Waals surface area contributed by atoms with Crippen LogP contribution in [0.15, 0.2) is 30.6 Å². The molecule has 0 saturated heterocycles. The van der Waals surface area contributed by atoms with Crippen molar-refractivity contribution in [1.82, 2.24) is 20.5 Å². The van der Waals surface area contributed by atoms with Gasteiger partial charge < -0.3 is 5.32 Å². The zero-order valence-electron chi connectivity index (χ0n) is 11.8. The number of fused-ring (bicyclic) bond motifs is 2. The third-order valence-corrected chi connectivity index (χ3v) is 4.91. The molecular formula is C16H18N4O. The first-order valence-electron chi connectivity index (χ1n) is 7.50. The van der Waals surface area contributed by atoms with Crippen molar-refractivity contribution < 1.29 is 4.79 Å². The van der Waals surface area contributed by atoms with Crippen molar-refractivity contribution in [1.29, 1.82) is 0 Å². The van der Waals surface area contributed by atoms with Gasteiger partial charge in [0.1, 0.15) is 12.2 Å². The van der Waals surface area contributed by atoms with E-state index in [0.717, 1.165) is 19.3 Å². The maximum absolute atomic E-state index is 12.4. The van der Waals surface area contributed by atoms with Crippen LogP contribution in [0.5, 0.6) is 0 Å². The average Bonchev–Trinajstić information content (AvgIpc) is 2.98. The summed E-state index contributed by atoms with van der Waals surface area (Å²) in [7, 11) is 0. The van der Waals surface area contributed by atoms with Crippen LogP contribution >= 0.6 is 0 Å². The summed E-state index contributed by atoms with van der Waals surface area (Å²) < 4.78 is 0. The molecule has 21 heavy (non-hydrogen) atoms. The van der Waals surface area contributed by atoms with Crippen LogP contribution in [0, 0.1) is 5.92 Å². The van der Waals surface area contributed by atoms with Gasteiger partial charge in [0.05, 0.1) is 6.54 Å². The van der Waals surface area contributed by atoms with E-state index in [2.05, 4.69) is 44.8 Å². The zero-order chi connectivity index (χ0) is 14.3. The maximum Gasteiger partial charge on any atom is 0.224 e. The number of aromatic amines is 1. The molecule has 1 spiro atoms. The molecule has 2 aliphatic rings. The van der Waals surface area contributed by atoms with Crippen LogP contribution in [0.1, 0.15) is 36.2 Å². The number of nitrogens with one attached hydrogen (secondary N) is 2. The van der Waals surface area contributed by atoms with E-state index in [1.165, 1.54) is 23.9 Å². The van der Waals surface area contributed by atoms with Crippen LogP contribution in [-0.2, 0) is 23.2 Å². The first-order chi connectivity index (χ1) is 10.3. The summed E-state index contributed by atoms with van der Waals surface area (Å²) in [5.41, 5.74) is 2.92. The Morgan fingerprint density at radius 3 is 3.19 bits per heavy atom. The number of carbonyl (C=O) groups excluding carboxylic acids is 1. The van der Waals surface area contributed by atoms with Crippen molar-refractivity contribution in [2.45, 2.75) is 37.6 Å². The zero-order valence-corrected chi connectivity index (χ0v) is 11.8. The van der Waals surface area contributed by atoms with Gasteiger partial charge in [-0.3, -0.25) is 9.89 Å². The molecule has 108 valence electrons. The minimum absolute atomic E-state index is 0.0976. The summed E-state index contributed by atoms with van der Waals surface area (Å²) in [4.78, 5) is 16.4. The number of carbonyl (C=O) groups is 1. The molecule has 1 saturated carbocycles. The topological polar surface area (TPSA) is 70.7 Å². The Morgan fingerprint density at radius 1 is 1.43 bits per heavy atom. The lowest BCUT2D eigenvalue weighted by atomic mass is 9.78. The number of aromatic nitrogens is 3. The van der Waals surface area contributed by atoms with Gasteiger partial charge in [-0.25, -0.2) is 4.98 Å². The molecule has 1 aromatic heterocycles. The first kappa shape index (κ1) is 12.6. The average molecular weight is 282 g/mol. The molecule has 1 amide bonds. The molecule has 0 bridgehead atoms. The summed E-state index contributed by atoms with van der Waals surface area (Å²) >= 11 is 0. The van der Waals surface area contributed by atoms with E-state index in [1.807, 2.05) is 0 Å². The van der Waals surface area contributed by atoms with Gasteiger partial charge >= 0.3 is 0 Å². The highest BCUT2D eigenvalue weighted by atomic mass is 16.2. The van der Waals surface area contributed by atoms with Gasteiger partial charge in [-0.05, 0) is 36.8 Å². The van der Waals surface area contributed by atoms with Gasteiger partial charge in [0.2, 0.25) is 5.91 Å². The summed E-state index contributed by atoms with van der Waals surface area (Å²) in [6, 6.07) is 8.60. The van der Waals surface area contributed by atoms with Crippen molar-refractivity contribution >= 4 is 5.91 Å². The molecule has 1 aromatic carbocycles. The molecule has 1 heterocycles. The van der Waals surface area contributed by atoms with Crippen LogP contribution in [0.25, 0.3) is 0 Å². The number of nitrogens with zero attached hydrogens (tertiary/aromatic N) is 2. The van der Waals surface area contributed by atoms with Gasteiger partial charge in [-0.1, -0.05) is 24.3 Å². The highest BCUT2D eigenvalue weighted by molar-refractivity contribution is 5.84. The van der Waals surface area contributed by atoms with Gasteiger partial charge in [0, 0.05) is 11.3 Å². The molecule has 2 atom stereocenters. The smallest absolute Gasteiger partial charge is 0.224 e. The Kier molecular flexibility index (Phi) is 2.80. The van der Waals surface area contributed by atoms with E-state index < -0.39 is 0 Å². The predicted octanol–water partition coefficient (Wildman–Crippen LogP) is 1.72. The Labute approximate surface area is 123 Å². The second-order valence-electron chi connectivity index (χ2n) is 6.07. The quantitative estimate of drug-likeness (QED) is 0.900. The van der Waals surface area contributed by atoms with E-state index in [0.29, 0.717) is 12.4 Å². The number of aryl methyl sites for hydroxylation is 1. The summed E-state index contributed by atoms with van der Waals surface area (Å²) in [6.45, 7) is 0.424. The highest BCUT2D eigenvalue weighted by Gasteiger charge is 2.59. The monoisotopic (exact) mass is 282 g/mol. The van der Waals surface area contributed by atoms with E-state index in [-0.39, 0.29) is 17.2 Å². The minimum atomic E-state index is 0.0976. The molecule has 2 aliphatic carbocycles. The standard InChI is InChI=1S/C16H18N4O/c21-15(17-9-14-18-10-19-20-14)13-8-16(13)7-3-5-11-4-1-2-6-12(11)16/h1-2,4,6,10,13H,3,5,7-9H2,(H,17,21)(H,18,19,20)/t13-,16-/m0/s1. The lowest BCUT2D eigenvalue weighted by molar-refractivity contribution is -0.123. The summed E-state index contributed by atoms with van der Waals surface area (Å²) in [5, 5.41) is 9.53. The van der Waals surface area contributed by atoms with E-state index in [9.17, 15) is 4.79 Å². The molecule has 4 rings (SSSR count). The third-order valence-electron chi connectivity index (χ3n) is 4.91. The second kappa shape index (κ2) is 4.69. The largest absolute Gasteiger partial charge is 0.349 e. The molecule has 5 heteroatoms. The number of rotatable bonds is 3. The Balaban J connectivity index is 1.49. The van der Waals surface area contributed by atoms with E-state index in [4.69, 9.17) is 0 Å². The summed E-state index contributed by atoms with van der Waals surface area (Å²) in [5.74, 6) is 0.951. The van der Waals surface area contributed by atoms with Crippen molar-refractivity contribution in [3.05, 3.63) is 47.5 Å². The Hall–Kier alpha value is -2.17. The van der Waals surface area contributed by atoms with Crippen LogP contribution in [0.2, 0.25) is 0 Å².